The van der Waals surface area contributed by atoms with Gasteiger partial charge in [0.05, 0.1) is 30.4 Å². The lowest BCUT2D eigenvalue weighted by Gasteiger charge is -2.24. The van der Waals surface area contributed by atoms with E-state index >= 15 is 0 Å². The fraction of sp³-hybridized carbons (Fsp3) is 0.567. The van der Waals surface area contributed by atoms with Gasteiger partial charge in [-0.05, 0) is 56.4 Å². The Hall–Kier alpha value is -3.05. The Morgan fingerprint density at radius 2 is 1.95 bits per heavy atom. The number of rotatable bonds is 10. The Morgan fingerprint density at radius 3 is 2.65 bits per heavy atom. The van der Waals surface area contributed by atoms with E-state index in [4.69, 9.17) is 23.9 Å². The van der Waals surface area contributed by atoms with Crippen molar-refractivity contribution in [3.05, 3.63) is 51.9 Å². The zero-order valence-corrected chi connectivity index (χ0v) is 23.9. The summed E-state index contributed by atoms with van der Waals surface area (Å²) in [5.74, 6) is 1.00. The first-order valence-electron chi connectivity index (χ1n) is 14.1. The zero-order chi connectivity index (χ0) is 28.2. The maximum absolute atomic E-state index is 12.9. The Kier molecular flexibility index (Phi) is 9.00. The van der Waals surface area contributed by atoms with Crippen LogP contribution in [0.4, 0.5) is 0 Å². The van der Waals surface area contributed by atoms with Gasteiger partial charge in [-0.1, -0.05) is 6.07 Å². The number of nitrogens with zero attached hydrogens (tertiary/aromatic N) is 3. The van der Waals surface area contributed by atoms with Gasteiger partial charge in [-0.2, -0.15) is 0 Å². The lowest BCUT2D eigenvalue weighted by Crippen LogP contribution is -2.47. The Balaban J connectivity index is 1.42. The van der Waals surface area contributed by atoms with E-state index in [9.17, 15) is 9.59 Å². The monoisotopic (exact) mass is 552 g/mol. The Bertz CT molecular complexity index is 1360. The standard InChI is InChI=1S/C30H40N4O6/c1-19-13-23(17-33(3)29(19)35)28-32-25-14-22(5-6-26(25)34(28)16-21-7-10-38-11-8-21)15-31-27(20(2)37-4)30(36)40-24-9-12-39-18-24/h5-6,13-14,17,20-21,24,27,31H,7-12,15-16,18H2,1-4H3/t20?,24-,27-/m0/s1. The molecule has 0 bridgehead atoms. The number of carbonyl (C=O) groups excluding carboxylic acids is 1. The van der Waals surface area contributed by atoms with Crippen molar-refractivity contribution in [1.29, 1.82) is 0 Å². The maximum Gasteiger partial charge on any atom is 0.326 e. The molecule has 0 spiro atoms. The molecule has 0 radical (unpaired) electrons. The lowest BCUT2D eigenvalue weighted by molar-refractivity contribution is -0.155. The zero-order valence-electron chi connectivity index (χ0n) is 23.9. The highest BCUT2D eigenvalue weighted by Gasteiger charge is 2.30. The number of hydrogen-bond donors (Lipinski definition) is 1. The number of aromatic nitrogens is 3. The van der Waals surface area contributed by atoms with Gasteiger partial charge in [0.1, 0.15) is 18.0 Å². The van der Waals surface area contributed by atoms with Gasteiger partial charge in [0.25, 0.3) is 5.56 Å². The molecular weight excluding hydrogens is 512 g/mol. The second-order valence-corrected chi connectivity index (χ2v) is 11.0. The second-order valence-electron chi connectivity index (χ2n) is 11.0. The molecule has 1 N–H and O–H groups in total. The molecule has 3 aromatic rings. The molecule has 0 saturated carbocycles. The molecule has 1 aromatic carbocycles. The van der Waals surface area contributed by atoms with Crippen LogP contribution >= 0.6 is 0 Å². The molecule has 0 aliphatic carbocycles. The summed E-state index contributed by atoms with van der Waals surface area (Å²) >= 11 is 0. The van der Waals surface area contributed by atoms with E-state index in [0.29, 0.717) is 37.7 Å². The minimum absolute atomic E-state index is 0.0111. The summed E-state index contributed by atoms with van der Waals surface area (Å²) in [5, 5.41) is 3.34. The average Bonchev–Trinajstić information content (AvgIpc) is 3.59. The number of pyridine rings is 1. The third kappa shape index (κ3) is 6.30. The van der Waals surface area contributed by atoms with Crippen molar-refractivity contribution in [2.24, 2.45) is 13.0 Å². The van der Waals surface area contributed by atoms with Crippen molar-refractivity contribution in [2.75, 3.05) is 33.5 Å². The molecule has 5 rings (SSSR count). The van der Waals surface area contributed by atoms with Gasteiger partial charge in [-0.15, -0.1) is 0 Å². The molecule has 2 fully saturated rings. The fourth-order valence-corrected chi connectivity index (χ4v) is 5.53. The summed E-state index contributed by atoms with van der Waals surface area (Å²) in [7, 11) is 3.36. The molecule has 40 heavy (non-hydrogen) atoms. The molecule has 2 aromatic heterocycles. The highest BCUT2D eigenvalue weighted by atomic mass is 16.6. The van der Waals surface area contributed by atoms with Gasteiger partial charge in [-0.3, -0.25) is 14.9 Å². The normalized spacial score (nSPS) is 19.6. The smallest absolute Gasteiger partial charge is 0.326 e. The van der Waals surface area contributed by atoms with Crippen LogP contribution in [0, 0.1) is 12.8 Å². The number of nitrogens with one attached hydrogen (secondary N) is 1. The topological polar surface area (TPSA) is 106 Å². The molecule has 3 atom stereocenters. The van der Waals surface area contributed by atoms with Crippen molar-refractivity contribution in [2.45, 2.75) is 64.4 Å². The second kappa shape index (κ2) is 12.6. The van der Waals surface area contributed by atoms with Crippen molar-refractivity contribution in [3.8, 4) is 11.4 Å². The summed E-state index contributed by atoms with van der Waals surface area (Å²) in [6, 6.07) is 7.53. The predicted molar refractivity (Wildman–Crippen MR) is 151 cm³/mol. The number of ether oxygens (including phenoxy) is 4. The van der Waals surface area contributed by atoms with E-state index in [2.05, 4.69) is 28.1 Å². The Morgan fingerprint density at radius 1 is 1.18 bits per heavy atom. The summed E-state index contributed by atoms with van der Waals surface area (Å²) in [4.78, 5) is 30.4. The van der Waals surface area contributed by atoms with Crippen LogP contribution in [0.15, 0.2) is 35.3 Å². The minimum atomic E-state index is -0.614. The highest BCUT2D eigenvalue weighted by molar-refractivity contribution is 5.81. The quantitative estimate of drug-likeness (QED) is 0.383. The number of methoxy groups -OCH3 is 1. The summed E-state index contributed by atoms with van der Waals surface area (Å²) < 4.78 is 26.0. The molecule has 10 heteroatoms. The fourth-order valence-electron chi connectivity index (χ4n) is 5.53. The average molecular weight is 553 g/mol. The van der Waals surface area contributed by atoms with Crippen molar-refractivity contribution in [1.82, 2.24) is 19.4 Å². The van der Waals surface area contributed by atoms with Gasteiger partial charge >= 0.3 is 5.97 Å². The van der Waals surface area contributed by atoms with E-state index in [1.807, 2.05) is 26.1 Å². The van der Waals surface area contributed by atoms with Crippen LogP contribution in [0.2, 0.25) is 0 Å². The van der Waals surface area contributed by atoms with Crippen molar-refractivity contribution >= 4 is 17.0 Å². The number of imidazole rings is 1. The molecule has 4 heterocycles. The summed E-state index contributed by atoms with van der Waals surface area (Å²) in [6.45, 7) is 7.57. The number of esters is 1. The van der Waals surface area contributed by atoms with Crippen LogP contribution in [0.3, 0.4) is 0 Å². The SMILES string of the molecule is COC(C)[C@H](NCc1ccc2c(c1)nc(-c1cc(C)c(=O)n(C)c1)n2CC1CCOCC1)C(=O)O[C@H]1CCOC1. The maximum atomic E-state index is 12.9. The molecule has 2 aliphatic rings. The Labute approximate surface area is 234 Å². The van der Waals surface area contributed by atoms with Crippen LogP contribution in [0.25, 0.3) is 22.4 Å². The number of aryl methyl sites for hydroxylation is 2. The highest BCUT2D eigenvalue weighted by Crippen LogP contribution is 2.29. The molecule has 2 aliphatic heterocycles. The molecule has 10 nitrogen and oxygen atoms in total. The number of fused-ring (bicyclic) bond motifs is 1. The molecule has 2 saturated heterocycles. The largest absolute Gasteiger partial charge is 0.459 e. The van der Waals surface area contributed by atoms with Crippen LogP contribution < -0.4 is 10.9 Å². The van der Waals surface area contributed by atoms with E-state index in [-0.39, 0.29) is 23.7 Å². The van der Waals surface area contributed by atoms with Crippen LogP contribution in [0.1, 0.15) is 37.3 Å². The van der Waals surface area contributed by atoms with Crippen LogP contribution in [-0.2, 0) is 43.9 Å². The molecule has 216 valence electrons. The molecule has 1 unspecified atom stereocenters. The first-order chi connectivity index (χ1) is 19.3. The van der Waals surface area contributed by atoms with Crippen molar-refractivity contribution in [3.63, 3.8) is 0 Å². The van der Waals surface area contributed by atoms with Gasteiger partial charge in [-0.25, -0.2) is 4.98 Å². The molecule has 0 amide bonds. The number of carbonyl (C=O) groups is 1. The van der Waals surface area contributed by atoms with E-state index in [1.165, 1.54) is 0 Å². The third-order valence-corrected chi connectivity index (χ3v) is 8.01. The third-order valence-electron chi connectivity index (χ3n) is 8.01. The lowest BCUT2D eigenvalue weighted by atomic mass is 10.00. The van der Waals surface area contributed by atoms with Gasteiger partial charge in [0.15, 0.2) is 0 Å². The van der Waals surface area contributed by atoms with Gasteiger partial charge < -0.3 is 28.1 Å². The first kappa shape index (κ1) is 28.5. The van der Waals surface area contributed by atoms with E-state index in [1.54, 1.807) is 18.7 Å². The number of hydrogen-bond acceptors (Lipinski definition) is 8. The predicted octanol–water partition coefficient (Wildman–Crippen LogP) is 2.96. The minimum Gasteiger partial charge on any atom is -0.459 e. The summed E-state index contributed by atoms with van der Waals surface area (Å²) in [6.07, 6.45) is 4.01. The van der Waals surface area contributed by atoms with E-state index in [0.717, 1.165) is 60.6 Å². The van der Waals surface area contributed by atoms with Crippen LogP contribution in [0.5, 0.6) is 0 Å². The van der Waals surface area contributed by atoms with Gasteiger partial charge in [0.2, 0.25) is 0 Å². The van der Waals surface area contributed by atoms with Crippen molar-refractivity contribution < 1.29 is 23.7 Å². The van der Waals surface area contributed by atoms with Gasteiger partial charge in [0, 0.05) is 64.2 Å². The molecular formula is C30H40N4O6. The number of benzene rings is 1. The van der Waals surface area contributed by atoms with E-state index < -0.39 is 6.04 Å². The summed E-state index contributed by atoms with van der Waals surface area (Å²) in [5.41, 5.74) is 4.49. The first-order valence-corrected chi connectivity index (χ1v) is 14.1. The van der Waals surface area contributed by atoms with Crippen LogP contribution in [-0.4, -0.2) is 71.9 Å².